The maximum absolute atomic E-state index is 12.5. The van der Waals surface area contributed by atoms with E-state index in [4.69, 9.17) is 0 Å². The zero-order valence-corrected chi connectivity index (χ0v) is 15.6. The molecule has 1 saturated heterocycles. The summed E-state index contributed by atoms with van der Waals surface area (Å²) in [6.45, 7) is 3.31. The average Bonchev–Trinajstić information content (AvgIpc) is 2.63. The van der Waals surface area contributed by atoms with E-state index in [0.29, 0.717) is 32.7 Å². The number of rotatable bonds is 7. The second-order valence-corrected chi connectivity index (χ2v) is 6.44. The van der Waals surface area contributed by atoms with Gasteiger partial charge in [0, 0.05) is 32.2 Å². The number of nitrogens with zero attached hydrogens (tertiary/aromatic N) is 2. The van der Waals surface area contributed by atoms with Crippen molar-refractivity contribution in [3.8, 4) is 5.75 Å². The Kier molecular flexibility index (Phi) is 7.78. The summed E-state index contributed by atoms with van der Waals surface area (Å²) < 4.78 is 29.3. The molecular weight excluding hydrogens is 358 g/mol. The first-order valence-corrected chi connectivity index (χ1v) is 9.00. The number of ether oxygens (including phenoxy) is 1. The summed E-state index contributed by atoms with van der Waals surface area (Å²) in [4.78, 5) is 27.9. The van der Waals surface area contributed by atoms with Crippen LogP contribution in [0.5, 0.6) is 5.75 Å². The van der Waals surface area contributed by atoms with Crippen LogP contribution >= 0.6 is 0 Å². The Morgan fingerprint density at radius 1 is 1.19 bits per heavy atom. The van der Waals surface area contributed by atoms with Gasteiger partial charge in [0.25, 0.3) is 0 Å². The second-order valence-electron chi connectivity index (χ2n) is 6.44. The molecule has 1 aliphatic heterocycles. The highest BCUT2D eigenvalue weighted by Gasteiger charge is 2.23. The van der Waals surface area contributed by atoms with Crippen molar-refractivity contribution < 1.29 is 23.1 Å². The van der Waals surface area contributed by atoms with Crippen LogP contribution in [0.4, 0.5) is 19.3 Å². The lowest BCUT2D eigenvalue weighted by Gasteiger charge is -2.34. The Labute approximate surface area is 157 Å². The lowest BCUT2D eigenvalue weighted by molar-refractivity contribution is -0.123. The van der Waals surface area contributed by atoms with Crippen LogP contribution in [0.1, 0.15) is 20.3 Å². The summed E-state index contributed by atoms with van der Waals surface area (Å²) >= 11 is 0. The number of amides is 3. The minimum Gasteiger partial charge on any atom is -0.433 e. The molecule has 1 aliphatic rings. The number of halogens is 2. The van der Waals surface area contributed by atoms with Gasteiger partial charge in [-0.2, -0.15) is 8.78 Å². The van der Waals surface area contributed by atoms with Crippen LogP contribution in [0, 0.1) is 0 Å². The maximum atomic E-state index is 12.5. The van der Waals surface area contributed by atoms with Gasteiger partial charge in [0.2, 0.25) is 5.91 Å². The molecule has 150 valence electrons. The summed E-state index contributed by atoms with van der Waals surface area (Å²) in [5.41, 5.74) is 0.193. The van der Waals surface area contributed by atoms with Gasteiger partial charge >= 0.3 is 12.6 Å². The first-order valence-electron chi connectivity index (χ1n) is 9.00. The van der Waals surface area contributed by atoms with Gasteiger partial charge in [0.05, 0.1) is 12.2 Å². The number of carbonyl (C=O) groups is 2. The first kappa shape index (κ1) is 20.9. The molecule has 2 rings (SSSR count). The van der Waals surface area contributed by atoms with E-state index < -0.39 is 6.61 Å². The van der Waals surface area contributed by atoms with Gasteiger partial charge in [-0.25, -0.2) is 4.79 Å². The third kappa shape index (κ3) is 6.67. The Bertz CT molecular complexity index is 637. The number of piperazine rings is 1. The third-order valence-corrected chi connectivity index (χ3v) is 4.39. The van der Waals surface area contributed by atoms with Crippen molar-refractivity contribution in [1.82, 2.24) is 15.1 Å². The summed E-state index contributed by atoms with van der Waals surface area (Å²) in [7, 11) is 0. The van der Waals surface area contributed by atoms with Gasteiger partial charge in [0.1, 0.15) is 5.75 Å². The van der Waals surface area contributed by atoms with Crippen molar-refractivity contribution >= 4 is 17.6 Å². The fraction of sp³-hybridized carbons (Fsp3) is 0.556. The van der Waals surface area contributed by atoms with Gasteiger partial charge in [-0.3, -0.25) is 9.69 Å². The van der Waals surface area contributed by atoms with Gasteiger partial charge in [-0.15, -0.1) is 0 Å². The summed E-state index contributed by atoms with van der Waals surface area (Å²) in [5.74, 6) is -0.110. The molecule has 1 heterocycles. The molecule has 0 radical (unpaired) electrons. The van der Waals surface area contributed by atoms with E-state index in [2.05, 4.69) is 15.4 Å². The lowest BCUT2D eigenvalue weighted by atomic mass is 10.2. The summed E-state index contributed by atoms with van der Waals surface area (Å²) in [5, 5.41) is 5.52. The predicted octanol–water partition coefficient (Wildman–Crippen LogP) is 2.35. The van der Waals surface area contributed by atoms with E-state index in [0.717, 1.165) is 6.42 Å². The van der Waals surface area contributed by atoms with Gasteiger partial charge < -0.3 is 20.3 Å². The molecule has 1 aromatic rings. The van der Waals surface area contributed by atoms with Crippen molar-refractivity contribution in [3.63, 3.8) is 0 Å². The number of alkyl halides is 2. The Balaban J connectivity index is 1.82. The minimum absolute atomic E-state index is 0.0275. The Morgan fingerprint density at radius 3 is 2.48 bits per heavy atom. The van der Waals surface area contributed by atoms with Crippen LogP contribution in [-0.4, -0.2) is 67.1 Å². The molecule has 1 atom stereocenters. The average molecular weight is 384 g/mol. The molecule has 2 N–H and O–H groups in total. The molecule has 27 heavy (non-hydrogen) atoms. The fourth-order valence-electron chi connectivity index (χ4n) is 2.70. The number of hydrogen-bond donors (Lipinski definition) is 2. The topological polar surface area (TPSA) is 73.9 Å². The van der Waals surface area contributed by atoms with Crippen LogP contribution in [0.15, 0.2) is 24.3 Å². The molecule has 9 heteroatoms. The molecular formula is C18H26F2N4O3. The molecule has 7 nitrogen and oxygen atoms in total. The van der Waals surface area contributed by atoms with E-state index in [-0.39, 0.29) is 29.4 Å². The van der Waals surface area contributed by atoms with E-state index in [1.54, 1.807) is 17.0 Å². The van der Waals surface area contributed by atoms with E-state index in [1.807, 2.05) is 18.7 Å². The van der Waals surface area contributed by atoms with Crippen molar-refractivity contribution in [2.45, 2.75) is 32.9 Å². The molecule has 0 aliphatic carbocycles. The maximum Gasteiger partial charge on any atom is 0.387 e. The smallest absolute Gasteiger partial charge is 0.387 e. The quantitative estimate of drug-likeness (QED) is 0.757. The predicted molar refractivity (Wildman–Crippen MR) is 98.0 cm³/mol. The molecule has 1 unspecified atom stereocenters. The highest BCUT2D eigenvalue weighted by atomic mass is 19.3. The van der Waals surface area contributed by atoms with Crippen LogP contribution < -0.4 is 15.4 Å². The van der Waals surface area contributed by atoms with E-state index in [9.17, 15) is 18.4 Å². The number of hydrogen-bond acceptors (Lipinski definition) is 4. The first-order chi connectivity index (χ1) is 12.9. The molecule has 3 amide bonds. The van der Waals surface area contributed by atoms with Crippen LogP contribution in [0.25, 0.3) is 0 Å². The van der Waals surface area contributed by atoms with Crippen LogP contribution in [0.2, 0.25) is 0 Å². The zero-order chi connectivity index (χ0) is 19.8. The van der Waals surface area contributed by atoms with Crippen molar-refractivity contribution in [1.29, 1.82) is 0 Å². The highest BCUT2D eigenvalue weighted by molar-refractivity contribution is 5.91. The summed E-state index contributed by atoms with van der Waals surface area (Å²) in [6, 6.07) is 5.81. The van der Waals surface area contributed by atoms with Gasteiger partial charge in [0.15, 0.2) is 0 Å². The molecule has 0 aromatic heterocycles. The van der Waals surface area contributed by atoms with E-state index >= 15 is 0 Å². The zero-order valence-electron chi connectivity index (χ0n) is 15.6. The Hall–Kier alpha value is -2.42. The minimum atomic E-state index is -2.96. The molecule has 0 bridgehead atoms. The van der Waals surface area contributed by atoms with Crippen molar-refractivity contribution in [3.05, 3.63) is 24.3 Å². The molecule has 0 spiro atoms. The molecule has 0 saturated carbocycles. The van der Waals surface area contributed by atoms with Crippen molar-refractivity contribution in [2.24, 2.45) is 0 Å². The van der Waals surface area contributed by atoms with Crippen molar-refractivity contribution in [2.75, 3.05) is 38.0 Å². The number of nitrogens with one attached hydrogen (secondary N) is 2. The molecule has 1 fully saturated rings. The highest BCUT2D eigenvalue weighted by Crippen LogP contribution is 2.25. The van der Waals surface area contributed by atoms with Crippen LogP contribution in [0.3, 0.4) is 0 Å². The fourth-order valence-corrected chi connectivity index (χ4v) is 2.70. The SMILES string of the molecule is CCC(C)NC(=O)CN1CCN(C(=O)Nc2ccccc2OC(F)F)CC1. The Morgan fingerprint density at radius 2 is 1.85 bits per heavy atom. The number of carbonyl (C=O) groups excluding carboxylic acids is 2. The van der Waals surface area contributed by atoms with Gasteiger partial charge in [-0.05, 0) is 25.5 Å². The number of urea groups is 1. The third-order valence-electron chi connectivity index (χ3n) is 4.39. The van der Waals surface area contributed by atoms with E-state index in [1.165, 1.54) is 12.1 Å². The number of anilines is 1. The number of para-hydroxylation sites is 2. The van der Waals surface area contributed by atoms with Gasteiger partial charge in [-0.1, -0.05) is 19.1 Å². The normalized spacial score (nSPS) is 16.1. The van der Waals surface area contributed by atoms with Crippen LogP contribution in [-0.2, 0) is 4.79 Å². The summed E-state index contributed by atoms with van der Waals surface area (Å²) in [6.07, 6.45) is 0.871. The lowest BCUT2D eigenvalue weighted by Crippen LogP contribution is -2.52. The number of benzene rings is 1. The molecule has 1 aromatic carbocycles. The monoisotopic (exact) mass is 384 g/mol. The largest absolute Gasteiger partial charge is 0.433 e. The second kappa shape index (κ2) is 10.1. The standard InChI is InChI=1S/C18H26F2N4O3/c1-3-13(2)21-16(25)12-23-8-10-24(11-9-23)18(26)22-14-6-4-5-7-15(14)27-17(19)20/h4-7,13,17H,3,8-12H2,1-2H3,(H,21,25)(H,22,26).